The first kappa shape index (κ1) is 9.45. The maximum Gasteiger partial charge on any atom is 0.221 e. The van der Waals surface area contributed by atoms with Crippen LogP contribution in [0.1, 0.15) is 18.3 Å². The lowest BCUT2D eigenvalue weighted by Crippen LogP contribution is -2.17. The molecule has 1 rings (SSSR count). The fourth-order valence-electron chi connectivity index (χ4n) is 0.988. The van der Waals surface area contributed by atoms with E-state index in [4.69, 9.17) is 0 Å². The number of aromatic nitrogens is 1. The minimum atomic E-state index is -0.131. The molecular weight excluding hydrogens is 164 g/mol. The van der Waals surface area contributed by atoms with Crippen LogP contribution < -0.4 is 5.32 Å². The summed E-state index contributed by atoms with van der Waals surface area (Å²) in [5, 5.41) is 2.59. The van der Waals surface area contributed by atoms with Gasteiger partial charge in [-0.25, -0.2) is 0 Å². The number of aryl methyl sites for hydroxylation is 1. The van der Waals surface area contributed by atoms with Crippen molar-refractivity contribution in [1.82, 2.24) is 10.3 Å². The number of carbonyl (C=O) groups is 1. The molecule has 1 heterocycles. The van der Waals surface area contributed by atoms with Crippen LogP contribution in [0.25, 0.3) is 5.70 Å². The average Bonchev–Trinajstić information content (AvgIpc) is 2.03. The number of rotatable bonds is 2. The zero-order chi connectivity index (χ0) is 9.84. The van der Waals surface area contributed by atoms with E-state index in [9.17, 15) is 4.79 Å². The second-order valence-electron chi connectivity index (χ2n) is 2.82. The van der Waals surface area contributed by atoms with Crippen molar-refractivity contribution in [3.8, 4) is 0 Å². The Morgan fingerprint density at radius 2 is 2.23 bits per heavy atom. The predicted molar refractivity (Wildman–Crippen MR) is 51.8 cm³/mol. The molecule has 0 atom stereocenters. The Morgan fingerprint density at radius 3 is 2.77 bits per heavy atom. The lowest BCUT2D eigenvalue weighted by molar-refractivity contribution is -0.117. The van der Waals surface area contributed by atoms with Crippen LogP contribution in [0.5, 0.6) is 0 Å². The van der Waals surface area contributed by atoms with E-state index in [2.05, 4.69) is 16.9 Å². The van der Waals surface area contributed by atoms with Gasteiger partial charge in [0.05, 0.1) is 11.4 Å². The van der Waals surface area contributed by atoms with Gasteiger partial charge in [-0.15, -0.1) is 0 Å². The molecule has 0 aliphatic heterocycles. The van der Waals surface area contributed by atoms with Gasteiger partial charge in [0.15, 0.2) is 0 Å². The highest BCUT2D eigenvalue weighted by Crippen LogP contribution is 2.06. The summed E-state index contributed by atoms with van der Waals surface area (Å²) in [5.41, 5.74) is 2.15. The number of hydrogen-bond donors (Lipinski definition) is 1. The van der Waals surface area contributed by atoms with Gasteiger partial charge in [-0.1, -0.05) is 12.6 Å². The van der Waals surface area contributed by atoms with Gasteiger partial charge in [-0.05, 0) is 19.1 Å². The highest BCUT2D eigenvalue weighted by atomic mass is 16.1. The average molecular weight is 176 g/mol. The fourth-order valence-corrected chi connectivity index (χ4v) is 0.988. The molecule has 0 saturated carbocycles. The first-order valence-electron chi connectivity index (χ1n) is 4.00. The first-order chi connectivity index (χ1) is 6.09. The molecule has 13 heavy (non-hydrogen) atoms. The SMILES string of the molecule is C=C(NC(C)=O)c1cccc(C)n1. The monoisotopic (exact) mass is 176 g/mol. The maximum atomic E-state index is 10.7. The molecule has 0 fully saturated rings. The van der Waals surface area contributed by atoms with Gasteiger partial charge < -0.3 is 5.32 Å². The molecule has 3 heteroatoms. The normalized spacial score (nSPS) is 9.38. The van der Waals surface area contributed by atoms with Crippen LogP contribution in [-0.2, 0) is 4.79 Å². The molecule has 3 nitrogen and oxygen atoms in total. The van der Waals surface area contributed by atoms with Crippen molar-refractivity contribution in [3.05, 3.63) is 36.2 Å². The second kappa shape index (κ2) is 3.85. The van der Waals surface area contributed by atoms with Crippen LogP contribution in [0.2, 0.25) is 0 Å². The van der Waals surface area contributed by atoms with E-state index in [1.54, 1.807) is 0 Å². The quantitative estimate of drug-likeness (QED) is 0.741. The van der Waals surface area contributed by atoms with E-state index in [-0.39, 0.29) is 5.91 Å². The number of pyridine rings is 1. The summed E-state index contributed by atoms with van der Waals surface area (Å²) < 4.78 is 0. The van der Waals surface area contributed by atoms with E-state index in [0.717, 1.165) is 5.69 Å². The Hall–Kier alpha value is -1.64. The van der Waals surface area contributed by atoms with Crippen molar-refractivity contribution >= 4 is 11.6 Å². The van der Waals surface area contributed by atoms with Gasteiger partial charge in [-0.2, -0.15) is 0 Å². The van der Waals surface area contributed by atoms with Gasteiger partial charge >= 0.3 is 0 Å². The molecule has 0 bridgehead atoms. The molecular formula is C10H12N2O. The summed E-state index contributed by atoms with van der Waals surface area (Å²) in [4.78, 5) is 14.9. The summed E-state index contributed by atoms with van der Waals surface area (Å²) in [5.74, 6) is -0.131. The topological polar surface area (TPSA) is 42.0 Å². The summed E-state index contributed by atoms with van der Waals surface area (Å²) in [6, 6.07) is 5.58. The lowest BCUT2D eigenvalue weighted by Gasteiger charge is -2.05. The molecule has 68 valence electrons. The minimum Gasteiger partial charge on any atom is -0.325 e. The second-order valence-corrected chi connectivity index (χ2v) is 2.82. The fraction of sp³-hybridized carbons (Fsp3) is 0.200. The van der Waals surface area contributed by atoms with Crippen LogP contribution in [0.3, 0.4) is 0 Å². The number of hydrogen-bond acceptors (Lipinski definition) is 2. The van der Waals surface area contributed by atoms with Crippen LogP contribution >= 0.6 is 0 Å². The molecule has 0 saturated heterocycles. The molecule has 0 spiro atoms. The van der Waals surface area contributed by atoms with Crippen LogP contribution in [0.4, 0.5) is 0 Å². The molecule has 0 aliphatic carbocycles. The summed E-state index contributed by atoms with van der Waals surface area (Å²) in [7, 11) is 0. The van der Waals surface area contributed by atoms with Crippen molar-refractivity contribution in [3.63, 3.8) is 0 Å². The third-order valence-electron chi connectivity index (χ3n) is 1.52. The Bertz CT molecular complexity index is 345. The van der Waals surface area contributed by atoms with Gasteiger partial charge in [0, 0.05) is 12.6 Å². The summed E-state index contributed by atoms with van der Waals surface area (Å²) in [6.07, 6.45) is 0. The van der Waals surface area contributed by atoms with Crippen molar-refractivity contribution in [2.45, 2.75) is 13.8 Å². The van der Waals surface area contributed by atoms with Crippen molar-refractivity contribution in [2.75, 3.05) is 0 Å². The van der Waals surface area contributed by atoms with E-state index in [1.807, 2.05) is 25.1 Å². The number of nitrogens with one attached hydrogen (secondary N) is 1. The van der Waals surface area contributed by atoms with E-state index in [1.165, 1.54) is 6.92 Å². The zero-order valence-electron chi connectivity index (χ0n) is 7.79. The summed E-state index contributed by atoms with van der Waals surface area (Å²) in [6.45, 7) is 7.05. The Kier molecular flexibility index (Phi) is 2.80. The molecule has 1 aromatic rings. The highest BCUT2D eigenvalue weighted by Gasteiger charge is 2.01. The third-order valence-corrected chi connectivity index (χ3v) is 1.52. The third kappa shape index (κ3) is 2.71. The molecule has 1 amide bonds. The molecule has 1 N–H and O–H groups in total. The minimum absolute atomic E-state index is 0.131. The Labute approximate surface area is 77.5 Å². The van der Waals surface area contributed by atoms with Gasteiger partial charge in [-0.3, -0.25) is 9.78 Å². The maximum absolute atomic E-state index is 10.7. The highest BCUT2D eigenvalue weighted by molar-refractivity contribution is 5.83. The van der Waals surface area contributed by atoms with Crippen molar-refractivity contribution < 1.29 is 4.79 Å². The van der Waals surface area contributed by atoms with Gasteiger partial charge in [0.1, 0.15) is 0 Å². The molecule has 0 aliphatic rings. The predicted octanol–water partition coefficient (Wildman–Crippen LogP) is 1.50. The van der Waals surface area contributed by atoms with Crippen LogP contribution in [-0.4, -0.2) is 10.9 Å². The van der Waals surface area contributed by atoms with E-state index >= 15 is 0 Å². The zero-order valence-corrected chi connectivity index (χ0v) is 7.79. The molecule has 0 unspecified atom stereocenters. The van der Waals surface area contributed by atoms with Crippen LogP contribution in [0, 0.1) is 6.92 Å². The number of nitrogens with zero attached hydrogens (tertiary/aromatic N) is 1. The first-order valence-corrected chi connectivity index (χ1v) is 4.00. The standard InChI is InChI=1S/C10H12N2O/c1-7-5-4-6-10(11-7)8(2)12-9(3)13/h4-6H,2H2,1,3H3,(H,12,13). The molecule has 1 aromatic heterocycles. The number of amides is 1. The lowest BCUT2D eigenvalue weighted by atomic mass is 10.2. The van der Waals surface area contributed by atoms with Crippen LogP contribution in [0.15, 0.2) is 24.8 Å². The van der Waals surface area contributed by atoms with Crippen molar-refractivity contribution in [2.24, 2.45) is 0 Å². The van der Waals surface area contributed by atoms with E-state index in [0.29, 0.717) is 11.4 Å². The van der Waals surface area contributed by atoms with E-state index < -0.39 is 0 Å². The Morgan fingerprint density at radius 1 is 1.54 bits per heavy atom. The summed E-state index contributed by atoms with van der Waals surface area (Å²) >= 11 is 0. The van der Waals surface area contributed by atoms with Gasteiger partial charge in [0.25, 0.3) is 0 Å². The van der Waals surface area contributed by atoms with Crippen molar-refractivity contribution in [1.29, 1.82) is 0 Å². The van der Waals surface area contributed by atoms with Gasteiger partial charge in [0.2, 0.25) is 5.91 Å². The Balaban J connectivity index is 2.83. The largest absolute Gasteiger partial charge is 0.325 e. The molecule has 0 aromatic carbocycles. The number of carbonyl (C=O) groups excluding carboxylic acids is 1. The molecule has 0 radical (unpaired) electrons. The smallest absolute Gasteiger partial charge is 0.221 e.